The summed E-state index contributed by atoms with van der Waals surface area (Å²) in [4.78, 5) is 0. The Balaban J connectivity index is 2.11. The highest BCUT2D eigenvalue weighted by Gasteiger charge is 2.22. The standard InChI is InChI=1S/C19H19NO/c1-2-7-15-14-8-3-5-10-17(14)20-12-13-21-18-11-6-4-9-16(18)19(15)20/h3-6,8-11H,2,7,12-13H2,1H3. The largest absolute Gasteiger partial charge is 0.491 e. The zero-order valence-corrected chi connectivity index (χ0v) is 12.3. The Kier molecular flexibility index (Phi) is 2.95. The zero-order valence-electron chi connectivity index (χ0n) is 12.3. The van der Waals surface area contributed by atoms with Crippen molar-refractivity contribution >= 4 is 10.9 Å². The molecule has 0 N–H and O–H groups in total. The number of aromatic nitrogens is 1. The van der Waals surface area contributed by atoms with Gasteiger partial charge in [-0.25, -0.2) is 0 Å². The number of ether oxygens (including phenoxy) is 1. The molecule has 2 nitrogen and oxygen atoms in total. The summed E-state index contributed by atoms with van der Waals surface area (Å²) in [5, 5.41) is 1.39. The number of rotatable bonds is 2. The lowest BCUT2D eigenvalue weighted by Crippen LogP contribution is -2.05. The summed E-state index contributed by atoms with van der Waals surface area (Å²) in [5.41, 5.74) is 5.38. The molecule has 0 bridgehead atoms. The van der Waals surface area contributed by atoms with Crippen LogP contribution in [0.5, 0.6) is 5.75 Å². The van der Waals surface area contributed by atoms with E-state index in [4.69, 9.17) is 4.74 Å². The molecule has 0 saturated carbocycles. The van der Waals surface area contributed by atoms with Gasteiger partial charge in [0, 0.05) is 16.5 Å². The topological polar surface area (TPSA) is 14.2 Å². The lowest BCUT2D eigenvalue weighted by atomic mass is 10.0. The van der Waals surface area contributed by atoms with Gasteiger partial charge in [0.1, 0.15) is 12.4 Å². The second-order valence-corrected chi connectivity index (χ2v) is 5.59. The summed E-state index contributed by atoms with van der Waals surface area (Å²) in [6, 6.07) is 17.2. The zero-order chi connectivity index (χ0) is 14.2. The number of benzene rings is 2. The number of aryl methyl sites for hydroxylation is 1. The quantitative estimate of drug-likeness (QED) is 0.665. The van der Waals surface area contributed by atoms with Gasteiger partial charge in [-0.05, 0) is 30.2 Å². The fraction of sp³-hybridized carbons (Fsp3) is 0.263. The highest BCUT2D eigenvalue weighted by molar-refractivity contribution is 5.93. The summed E-state index contributed by atoms with van der Waals surface area (Å²) >= 11 is 0. The number of fused-ring (bicyclic) bond motifs is 5. The monoisotopic (exact) mass is 277 g/mol. The van der Waals surface area contributed by atoms with Gasteiger partial charge in [-0.2, -0.15) is 0 Å². The minimum Gasteiger partial charge on any atom is -0.491 e. The first-order chi connectivity index (χ1) is 10.4. The third-order valence-electron chi connectivity index (χ3n) is 4.29. The Morgan fingerprint density at radius 2 is 1.86 bits per heavy atom. The molecule has 0 radical (unpaired) electrons. The number of hydrogen-bond acceptors (Lipinski definition) is 1. The Labute approximate surface area is 125 Å². The van der Waals surface area contributed by atoms with Crippen molar-refractivity contribution in [3.05, 3.63) is 54.1 Å². The molecule has 0 fully saturated rings. The summed E-state index contributed by atoms with van der Waals surface area (Å²) in [5.74, 6) is 1.01. The van der Waals surface area contributed by atoms with E-state index in [9.17, 15) is 0 Å². The molecule has 4 rings (SSSR count). The Bertz CT molecular complexity index is 800. The molecule has 2 heterocycles. The van der Waals surface area contributed by atoms with Crippen LogP contribution in [0.3, 0.4) is 0 Å². The summed E-state index contributed by atoms with van der Waals surface area (Å²) in [6.07, 6.45) is 2.27. The molecule has 0 saturated heterocycles. The van der Waals surface area contributed by atoms with Crippen molar-refractivity contribution in [3.63, 3.8) is 0 Å². The Morgan fingerprint density at radius 1 is 1.05 bits per heavy atom. The molecule has 0 aliphatic carbocycles. The van der Waals surface area contributed by atoms with E-state index in [1.54, 1.807) is 0 Å². The van der Waals surface area contributed by atoms with Crippen LogP contribution >= 0.6 is 0 Å². The van der Waals surface area contributed by atoms with E-state index in [-0.39, 0.29) is 0 Å². The lowest BCUT2D eigenvalue weighted by molar-refractivity contribution is 0.308. The van der Waals surface area contributed by atoms with E-state index in [1.807, 2.05) is 0 Å². The molecular weight excluding hydrogens is 258 g/mol. The van der Waals surface area contributed by atoms with Gasteiger partial charge >= 0.3 is 0 Å². The molecule has 106 valence electrons. The number of para-hydroxylation sites is 2. The molecule has 0 unspecified atom stereocenters. The maximum atomic E-state index is 5.95. The van der Waals surface area contributed by atoms with Crippen LogP contribution in [-0.4, -0.2) is 11.2 Å². The van der Waals surface area contributed by atoms with E-state index < -0.39 is 0 Å². The van der Waals surface area contributed by atoms with Crippen LogP contribution in [0, 0.1) is 0 Å². The predicted molar refractivity (Wildman–Crippen MR) is 86.9 cm³/mol. The van der Waals surface area contributed by atoms with Crippen molar-refractivity contribution < 1.29 is 4.74 Å². The smallest absolute Gasteiger partial charge is 0.128 e. The Hall–Kier alpha value is -2.22. The van der Waals surface area contributed by atoms with Gasteiger partial charge < -0.3 is 9.30 Å². The number of hydrogen-bond donors (Lipinski definition) is 0. The molecule has 0 spiro atoms. The molecule has 2 aromatic carbocycles. The highest BCUT2D eigenvalue weighted by atomic mass is 16.5. The summed E-state index contributed by atoms with van der Waals surface area (Å²) < 4.78 is 8.39. The highest BCUT2D eigenvalue weighted by Crippen LogP contribution is 2.40. The minimum absolute atomic E-state index is 0.730. The van der Waals surface area contributed by atoms with Crippen LogP contribution in [-0.2, 0) is 13.0 Å². The lowest BCUT2D eigenvalue weighted by Gasteiger charge is -2.09. The van der Waals surface area contributed by atoms with Crippen LogP contribution < -0.4 is 4.74 Å². The first-order valence-electron chi connectivity index (χ1n) is 7.72. The first kappa shape index (κ1) is 12.5. The molecule has 2 heteroatoms. The van der Waals surface area contributed by atoms with Crippen molar-refractivity contribution in [3.8, 4) is 17.0 Å². The fourth-order valence-corrected chi connectivity index (χ4v) is 3.45. The fourth-order valence-electron chi connectivity index (χ4n) is 3.45. The van der Waals surface area contributed by atoms with Crippen molar-refractivity contribution in [1.29, 1.82) is 0 Å². The van der Waals surface area contributed by atoms with E-state index in [0.29, 0.717) is 0 Å². The van der Waals surface area contributed by atoms with E-state index in [2.05, 4.69) is 60.0 Å². The van der Waals surface area contributed by atoms with Crippen molar-refractivity contribution in [1.82, 2.24) is 4.57 Å². The number of nitrogens with zero attached hydrogens (tertiary/aromatic N) is 1. The second-order valence-electron chi connectivity index (χ2n) is 5.59. The molecular formula is C19H19NO. The minimum atomic E-state index is 0.730. The molecule has 0 amide bonds. The van der Waals surface area contributed by atoms with Crippen LogP contribution in [0.25, 0.3) is 22.2 Å². The first-order valence-corrected chi connectivity index (χ1v) is 7.72. The van der Waals surface area contributed by atoms with Gasteiger partial charge in [0.05, 0.1) is 12.2 Å². The summed E-state index contributed by atoms with van der Waals surface area (Å²) in [6.45, 7) is 3.89. The molecule has 1 aliphatic rings. The van der Waals surface area contributed by atoms with E-state index in [1.165, 1.54) is 27.7 Å². The van der Waals surface area contributed by atoms with Gasteiger partial charge in [-0.1, -0.05) is 43.7 Å². The predicted octanol–water partition coefficient (Wildman–Crippen LogP) is 4.65. The van der Waals surface area contributed by atoms with E-state index >= 15 is 0 Å². The second kappa shape index (κ2) is 4.96. The van der Waals surface area contributed by atoms with E-state index in [0.717, 1.165) is 31.7 Å². The van der Waals surface area contributed by atoms with Gasteiger partial charge in [0.15, 0.2) is 0 Å². The Morgan fingerprint density at radius 3 is 2.76 bits per heavy atom. The van der Waals surface area contributed by atoms with Crippen molar-refractivity contribution in [2.75, 3.05) is 6.61 Å². The maximum Gasteiger partial charge on any atom is 0.128 e. The van der Waals surface area contributed by atoms with Crippen molar-refractivity contribution in [2.24, 2.45) is 0 Å². The summed E-state index contributed by atoms with van der Waals surface area (Å²) in [7, 11) is 0. The normalized spacial score (nSPS) is 13.4. The van der Waals surface area contributed by atoms with Crippen LogP contribution in [0.1, 0.15) is 18.9 Å². The molecule has 21 heavy (non-hydrogen) atoms. The average Bonchev–Trinajstić information content (AvgIpc) is 2.71. The molecule has 3 aromatic rings. The molecule has 0 atom stereocenters. The third-order valence-corrected chi connectivity index (χ3v) is 4.29. The van der Waals surface area contributed by atoms with Gasteiger partial charge in [-0.3, -0.25) is 0 Å². The van der Waals surface area contributed by atoms with Gasteiger partial charge in [0.25, 0.3) is 0 Å². The van der Waals surface area contributed by atoms with Gasteiger partial charge in [0.2, 0.25) is 0 Å². The van der Waals surface area contributed by atoms with Crippen LogP contribution in [0.2, 0.25) is 0 Å². The molecule has 1 aromatic heterocycles. The van der Waals surface area contributed by atoms with Crippen LogP contribution in [0.15, 0.2) is 48.5 Å². The average molecular weight is 277 g/mol. The van der Waals surface area contributed by atoms with Crippen molar-refractivity contribution in [2.45, 2.75) is 26.3 Å². The maximum absolute atomic E-state index is 5.95. The third kappa shape index (κ3) is 1.86. The van der Waals surface area contributed by atoms with Crippen LogP contribution in [0.4, 0.5) is 0 Å². The van der Waals surface area contributed by atoms with Gasteiger partial charge in [-0.15, -0.1) is 0 Å². The SMILES string of the molecule is CCCc1c2n(c3ccccc13)CCOc1ccccc1-2. The molecule has 1 aliphatic heterocycles.